The first-order valence-electron chi connectivity index (χ1n) is 9.62. The summed E-state index contributed by atoms with van der Waals surface area (Å²) in [5.74, 6) is -0.0398. The second kappa shape index (κ2) is 11.9. The van der Waals surface area contributed by atoms with E-state index in [1.807, 2.05) is 37.3 Å². The number of hydrogen-bond acceptors (Lipinski definition) is 5. The summed E-state index contributed by atoms with van der Waals surface area (Å²) in [6, 6.07) is 12.4. The van der Waals surface area contributed by atoms with E-state index >= 15 is 0 Å². The van der Waals surface area contributed by atoms with Gasteiger partial charge in [-0.15, -0.1) is 0 Å². The van der Waals surface area contributed by atoms with E-state index in [-0.39, 0.29) is 16.3 Å². The summed E-state index contributed by atoms with van der Waals surface area (Å²) in [5, 5.41) is 2.94. The van der Waals surface area contributed by atoms with E-state index in [0.717, 1.165) is 5.56 Å². The first-order chi connectivity index (χ1) is 14.4. The maximum atomic E-state index is 12.9. The minimum absolute atomic E-state index is 0.0458. The maximum Gasteiger partial charge on any atom is 0.241 e. The molecule has 0 aliphatic rings. The van der Waals surface area contributed by atoms with Gasteiger partial charge in [-0.25, -0.2) is 8.42 Å². The first-order valence-corrected chi connectivity index (χ1v) is 11.5. The zero-order valence-corrected chi connectivity index (χ0v) is 18.6. The highest BCUT2D eigenvalue weighted by Gasteiger charge is 2.26. The third-order valence-corrected chi connectivity index (χ3v) is 6.06. The van der Waals surface area contributed by atoms with Crippen molar-refractivity contribution >= 4 is 27.5 Å². The van der Waals surface area contributed by atoms with E-state index in [1.54, 1.807) is 0 Å². The lowest BCUT2D eigenvalue weighted by Gasteiger charge is -2.19. The molecule has 0 saturated carbocycles. The topological polar surface area (TPSA) is 93.7 Å². The van der Waals surface area contributed by atoms with Crippen LogP contribution in [-0.4, -0.2) is 47.2 Å². The molecule has 0 aliphatic carbocycles. The summed E-state index contributed by atoms with van der Waals surface area (Å²) in [4.78, 5) is 12.7. The van der Waals surface area contributed by atoms with Crippen LogP contribution >= 0.6 is 11.6 Å². The van der Waals surface area contributed by atoms with Gasteiger partial charge in [0.05, 0.1) is 17.0 Å². The summed E-state index contributed by atoms with van der Waals surface area (Å²) < 4.78 is 38.6. The Bertz CT molecular complexity index is 922. The van der Waals surface area contributed by atoms with Gasteiger partial charge < -0.3 is 14.8 Å². The van der Waals surface area contributed by atoms with Crippen molar-refractivity contribution in [3.05, 3.63) is 59.1 Å². The average molecular weight is 455 g/mol. The predicted molar refractivity (Wildman–Crippen MR) is 116 cm³/mol. The molecular weight excluding hydrogens is 428 g/mol. The minimum Gasteiger partial charge on any atom is -0.495 e. The van der Waals surface area contributed by atoms with Crippen LogP contribution in [-0.2, 0) is 26.0 Å². The monoisotopic (exact) mass is 454 g/mol. The van der Waals surface area contributed by atoms with Crippen LogP contribution in [0.1, 0.15) is 18.9 Å². The number of halogens is 1. The standard InChI is InChI=1S/C21H27ClN2O5S/c1-3-29-13-7-12-23-21(25)19(14-16-8-5-4-6-9-16)24-30(26,27)17-10-11-20(28-2)18(22)15-17/h4-6,8-11,15,19,24H,3,7,12-14H2,1-2H3,(H,23,25)/t19-/m0/s1. The SMILES string of the molecule is CCOCCCNC(=O)[C@H](Cc1ccccc1)NS(=O)(=O)c1ccc(OC)c(Cl)c1. The third kappa shape index (κ3) is 7.28. The molecule has 2 rings (SSSR count). The Hall–Kier alpha value is -2.13. The van der Waals surface area contributed by atoms with Crippen LogP contribution in [0.4, 0.5) is 0 Å². The lowest BCUT2D eigenvalue weighted by atomic mass is 10.1. The Labute approximate surface area is 182 Å². The van der Waals surface area contributed by atoms with Gasteiger partial charge in [0.25, 0.3) is 0 Å². The fourth-order valence-electron chi connectivity index (χ4n) is 2.76. The molecule has 0 heterocycles. The van der Waals surface area contributed by atoms with Crippen LogP contribution < -0.4 is 14.8 Å². The summed E-state index contributed by atoms with van der Waals surface area (Å²) in [6.07, 6.45) is 0.847. The molecule has 0 aliphatic heterocycles. The molecule has 0 radical (unpaired) electrons. The van der Waals surface area contributed by atoms with Crippen LogP contribution in [0.25, 0.3) is 0 Å². The molecular formula is C21H27ClN2O5S. The molecule has 1 atom stereocenters. The van der Waals surface area contributed by atoms with Crippen molar-refractivity contribution in [2.45, 2.75) is 30.7 Å². The number of sulfonamides is 1. The van der Waals surface area contributed by atoms with E-state index < -0.39 is 22.0 Å². The smallest absolute Gasteiger partial charge is 0.241 e. The van der Waals surface area contributed by atoms with Crippen molar-refractivity contribution in [3.8, 4) is 5.75 Å². The lowest BCUT2D eigenvalue weighted by molar-refractivity contribution is -0.122. The van der Waals surface area contributed by atoms with E-state index in [2.05, 4.69) is 10.0 Å². The van der Waals surface area contributed by atoms with Crippen molar-refractivity contribution in [2.75, 3.05) is 26.9 Å². The lowest BCUT2D eigenvalue weighted by Crippen LogP contribution is -2.48. The molecule has 0 fully saturated rings. The number of ether oxygens (including phenoxy) is 2. The number of carbonyl (C=O) groups excluding carboxylic acids is 1. The largest absolute Gasteiger partial charge is 0.495 e. The molecule has 0 aromatic heterocycles. The predicted octanol–water partition coefficient (Wildman–Crippen LogP) is 2.78. The normalized spacial score (nSPS) is 12.4. The highest BCUT2D eigenvalue weighted by molar-refractivity contribution is 7.89. The maximum absolute atomic E-state index is 12.9. The van der Waals surface area contributed by atoms with Crippen LogP contribution in [0.5, 0.6) is 5.75 Å². The third-order valence-electron chi connectivity index (χ3n) is 4.30. The summed E-state index contributed by atoms with van der Waals surface area (Å²) in [5.41, 5.74) is 0.836. The molecule has 9 heteroatoms. The van der Waals surface area contributed by atoms with Gasteiger partial charge in [-0.1, -0.05) is 41.9 Å². The van der Waals surface area contributed by atoms with Gasteiger partial charge in [0, 0.05) is 19.8 Å². The van der Waals surface area contributed by atoms with Crippen LogP contribution in [0.15, 0.2) is 53.4 Å². The first kappa shape index (κ1) is 24.1. The Morgan fingerprint density at radius 3 is 2.53 bits per heavy atom. The van der Waals surface area contributed by atoms with Gasteiger partial charge in [0.15, 0.2) is 0 Å². The summed E-state index contributed by atoms with van der Waals surface area (Å²) in [7, 11) is -2.54. The molecule has 2 N–H and O–H groups in total. The van der Waals surface area contributed by atoms with Crippen molar-refractivity contribution in [1.29, 1.82) is 0 Å². The molecule has 30 heavy (non-hydrogen) atoms. The second-order valence-corrected chi connectivity index (χ2v) is 8.62. The molecule has 0 spiro atoms. The number of rotatable bonds is 12. The van der Waals surface area contributed by atoms with Gasteiger partial charge >= 0.3 is 0 Å². The van der Waals surface area contributed by atoms with Crippen molar-refractivity contribution < 1.29 is 22.7 Å². The van der Waals surface area contributed by atoms with Gasteiger partial charge in [-0.3, -0.25) is 4.79 Å². The van der Waals surface area contributed by atoms with Crippen molar-refractivity contribution in [3.63, 3.8) is 0 Å². The minimum atomic E-state index is -3.99. The molecule has 0 bridgehead atoms. The number of carbonyl (C=O) groups is 1. The van der Waals surface area contributed by atoms with Crippen LogP contribution in [0, 0.1) is 0 Å². The average Bonchev–Trinajstić information content (AvgIpc) is 2.73. The Morgan fingerprint density at radius 2 is 1.90 bits per heavy atom. The number of nitrogens with one attached hydrogen (secondary N) is 2. The van der Waals surface area contributed by atoms with Crippen LogP contribution in [0.2, 0.25) is 5.02 Å². The summed E-state index contributed by atoms with van der Waals surface area (Å²) in [6.45, 7) is 3.42. The molecule has 2 aromatic carbocycles. The van der Waals surface area contributed by atoms with Crippen LogP contribution in [0.3, 0.4) is 0 Å². The van der Waals surface area contributed by atoms with Gasteiger partial charge in [-0.2, -0.15) is 4.72 Å². The number of amides is 1. The molecule has 1 amide bonds. The highest BCUT2D eigenvalue weighted by atomic mass is 35.5. The molecule has 0 saturated heterocycles. The molecule has 0 unspecified atom stereocenters. The second-order valence-electron chi connectivity index (χ2n) is 6.50. The molecule has 7 nitrogen and oxygen atoms in total. The summed E-state index contributed by atoms with van der Waals surface area (Å²) >= 11 is 6.07. The van der Waals surface area contributed by atoms with Gasteiger partial charge in [-0.05, 0) is 43.5 Å². The Morgan fingerprint density at radius 1 is 1.17 bits per heavy atom. The van der Waals surface area contributed by atoms with E-state index in [9.17, 15) is 13.2 Å². The Kier molecular flexibility index (Phi) is 9.58. The molecule has 164 valence electrons. The number of methoxy groups -OCH3 is 1. The highest BCUT2D eigenvalue weighted by Crippen LogP contribution is 2.27. The quantitative estimate of drug-likeness (QED) is 0.481. The number of benzene rings is 2. The fourth-order valence-corrected chi connectivity index (χ4v) is 4.30. The Balaban J connectivity index is 2.16. The molecule has 2 aromatic rings. The van der Waals surface area contributed by atoms with Crippen molar-refractivity contribution in [1.82, 2.24) is 10.0 Å². The van der Waals surface area contributed by atoms with Crippen molar-refractivity contribution in [2.24, 2.45) is 0 Å². The van der Waals surface area contributed by atoms with Gasteiger partial charge in [0.2, 0.25) is 15.9 Å². The zero-order chi connectivity index (χ0) is 22.0. The van der Waals surface area contributed by atoms with E-state index in [4.69, 9.17) is 21.1 Å². The fraction of sp³-hybridized carbons (Fsp3) is 0.381. The number of hydrogen-bond donors (Lipinski definition) is 2. The van der Waals surface area contributed by atoms with E-state index in [0.29, 0.717) is 31.9 Å². The van der Waals surface area contributed by atoms with Gasteiger partial charge in [0.1, 0.15) is 11.8 Å². The zero-order valence-electron chi connectivity index (χ0n) is 17.1. The van der Waals surface area contributed by atoms with E-state index in [1.165, 1.54) is 25.3 Å².